The molecule has 2 aliphatic carbocycles. The first-order valence-electron chi connectivity index (χ1n) is 7.55. The quantitative estimate of drug-likeness (QED) is 0.479. The molecule has 0 saturated heterocycles. The van der Waals surface area contributed by atoms with Gasteiger partial charge in [-0.05, 0) is 39.2 Å². The van der Waals surface area contributed by atoms with Crippen LogP contribution in [-0.4, -0.2) is 48.3 Å². The van der Waals surface area contributed by atoms with Gasteiger partial charge in [-0.3, -0.25) is 10.1 Å². The van der Waals surface area contributed by atoms with Crippen molar-refractivity contribution in [2.24, 2.45) is 0 Å². The van der Waals surface area contributed by atoms with Gasteiger partial charge in [0.25, 0.3) is 0 Å². The van der Waals surface area contributed by atoms with Crippen molar-refractivity contribution in [3.8, 4) is 0 Å². The molecule has 0 amide bonds. The highest BCUT2D eigenvalue weighted by atomic mass is 35.5. The van der Waals surface area contributed by atoms with Crippen molar-refractivity contribution < 1.29 is 13.3 Å². The highest BCUT2D eigenvalue weighted by molar-refractivity contribution is 7.92. The maximum Gasteiger partial charge on any atom is 0.229 e. The summed E-state index contributed by atoms with van der Waals surface area (Å²) in [6.07, 6.45) is 3.89. The zero-order valence-corrected chi connectivity index (χ0v) is 13.8. The molecule has 8 heteroatoms. The fraction of sp³-hybridized carbons (Fsp3) is 1.00. The van der Waals surface area contributed by atoms with E-state index in [1.165, 1.54) is 0 Å². The average molecular weight is 339 g/mol. The zero-order chi connectivity index (χ0) is 15.6. The lowest BCUT2D eigenvalue weighted by Gasteiger charge is -2.35. The number of halogens is 1. The lowest BCUT2D eigenvalue weighted by Crippen LogP contribution is -2.49. The molecule has 6 nitrogen and oxygen atoms in total. The monoisotopic (exact) mass is 338 g/mol. The van der Waals surface area contributed by atoms with Crippen LogP contribution in [-0.2, 0) is 9.84 Å². The van der Waals surface area contributed by atoms with E-state index in [0.717, 1.165) is 12.8 Å². The van der Waals surface area contributed by atoms with Crippen molar-refractivity contribution in [3.63, 3.8) is 0 Å². The zero-order valence-electron chi connectivity index (χ0n) is 12.2. The van der Waals surface area contributed by atoms with E-state index in [1.54, 1.807) is 0 Å². The van der Waals surface area contributed by atoms with E-state index in [2.05, 4.69) is 5.32 Å². The second-order valence-corrected chi connectivity index (χ2v) is 9.12. The van der Waals surface area contributed by atoms with Crippen molar-refractivity contribution in [1.82, 2.24) is 5.32 Å². The minimum absolute atomic E-state index is 0.121. The molecule has 0 bridgehead atoms. The Hall–Kier alpha value is -0.400. The van der Waals surface area contributed by atoms with Crippen molar-refractivity contribution in [3.05, 3.63) is 10.1 Å². The number of rotatable bonds is 4. The summed E-state index contributed by atoms with van der Waals surface area (Å²) in [4.78, 5) is 10.8. The summed E-state index contributed by atoms with van der Waals surface area (Å²) in [7, 11) is -1.68. The molecule has 0 aromatic heterocycles. The molecule has 122 valence electrons. The maximum absolute atomic E-state index is 12.8. The molecule has 0 spiro atoms. The van der Waals surface area contributed by atoms with Gasteiger partial charge in [0, 0.05) is 17.4 Å². The predicted octanol–water partition coefficient (Wildman–Crippen LogP) is 1.74. The Morgan fingerprint density at radius 2 is 1.86 bits per heavy atom. The van der Waals surface area contributed by atoms with Crippen LogP contribution in [0.15, 0.2) is 0 Å². The third-order valence-corrected chi connectivity index (χ3v) is 8.15. The number of nitro groups is 1. The number of hydrogen-bond acceptors (Lipinski definition) is 5. The Morgan fingerprint density at radius 1 is 1.19 bits per heavy atom. The van der Waals surface area contributed by atoms with Crippen molar-refractivity contribution >= 4 is 21.4 Å². The molecular formula is C13H23ClN2O4S. The highest BCUT2D eigenvalue weighted by Crippen LogP contribution is 2.35. The Bertz CT molecular complexity index is 485. The summed E-state index contributed by atoms with van der Waals surface area (Å²) in [5, 5.41) is 12.7. The summed E-state index contributed by atoms with van der Waals surface area (Å²) >= 11 is 6.26. The Morgan fingerprint density at radius 3 is 2.43 bits per heavy atom. The highest BCUT2D eigenvalue weighted by Gasteiger charge is 2.47. The molecule has 0 aromatic rings. The van der Waals surface area contributed by atoms with Gasteiger partial charge >= 0.3 is 0 Å². The van der Waals surface area contributed by atoms with E-state index in [-0.39, 0.29) is 11.4 Å². The van der Waals surface area contributed by atoms with Crippen LogP contribution in [0.4, 0.5) is 0 Å². The van der Waals surface area contributed by atoms with Crippen molar-refractivity contribution in [1.29, 1.82) is 0 Å². The molecule has 2 fully saturated rings. The van der Waals surface area contributed by atoms with Gasteiger partial charge < -0.3 is 5.32 Å². The summed E-state index contributed by atoms with van der Waals surface area (Å²) < 4.78 is 25.6. The SMILES string of the molecule is CNC1CCC(S(=O)(=O)C2CCCCC2[N+](=O)[O-])CC1Cl. The summed E-state index contributed by atoms with van der Waals surface area (Å²) in [6.45, 7) is 0. The molecule has 21 heavy (non-hydrogen) atoms. The van der Waals surface area contributed by atoms with Crippen LogP contribution in [0.5, 0.6) is 0 Å². The maximum atomic E-state index is 12.8. The third-order valence-electron chi connectivity index (χ3n) is 4.92. The fourth-order valence-electron chi connectivity index (χ4n) is 3.65. The van der Waals surface area contributed by atoms with Gasteiger partial charge in [0.2, 0.25) is 6.04 Å². The van der Waals surface area contributed by atoms with Gasteiger partial charge in [-0.25, -0.2) is 8.42 Å². The lowest BCUT2D eigenvalue weighted by molar-refractivity contribution is -0.524. The molecule has 0 heterocycles. The molecule has 5 atom stereocenters. The largest absolute Gasteiger partial charge is 0.316 e. The topological polar surface area (TPSA) is 89.3 Å². The third kappa shape index (κ3) is 3.51. The van der Waals surface area contributed by atoms with Gasteiger partial charge in [-0.2, -0.15) is 0 Å². The van der Waals surface area contributed by atoms with E-state index in [1.807, 2.05) is 7.05 Å². The Kier molecular flexibility index (Phi) is 5.48. The van der Waals surface area contributed by atoms with Crippen LogP contribution < -0.4 is 5.32 Å². The predicted molar refractivity (Wildman–Crippen MR) is 82.1 cm³/mol. The van der Waals surface area contributed by atoms with Gasteiger partial charge in [0.15, 0.2) is 9.84 Å². The smallest absolute Gasteiger partial charge is 0.229 e. The number of alkyl halides is 1. The lowest BCUT2D eigenvalue weighted by atomic mass is 9.94. The van der Waals surface area contributed by atoms with Gasteiger partial charge in [0.1, 0.15) is 5.25 Å². The molecule has 5 unspecified atom stereocenters. The minimum atomic E-state index is -3.50. The second kappa shape index (κ2) is 6.79. The van der Waals surface area contributed by atoms with Crippen LogP contribution in [0.3, 0.4) is 0 Å². The molecule has 2 rings (SSSR count). The van der Waals surface area contributed by atoms with Crippen LogP contribution in [0, 0.1) is 10.1 Å². The number of hydrogen-bond donors (Lipinski definition) is 1. The van der Waals surface area contributed by atoms with E-state index < -0.39 is 31.3 Å². The van der Waals surface area contributed by atoms with Crippen LogP contribution >= 0.6 is 11.6 Å². The van der Waals surface area contributed by atoms with Gasteiger partial charge in [0.05, 0.1) is 10.6 Å². The van der Waals surface area contributed by atoms with Crippen molar-refractivity contribution in [2.45, 2.75) is 72.9 Å². The summed E-state index contributed by atoms with van der Waals surface area (Å²) in [6, 6.07) is -0.824. The van der Waals surface area contributed by atoms with E-state index in [9.17, 15) is 18.5 Å². The van der Waals surface area contributed by atoms with Crippen LogP contribution in [0.25, 0.3) is 0 Å². The Labute approximate surface area is 130 Å². The molecule has 0 radical (unpaired) electrons. The molecular weight excluding hydrogens is 316 g/mol. The standard InChI is InChI=1S/C13H23ClN2O4S/c1-15-11-7-6-9(8-10(11)14)21(19,20)13-5-3-2-4-12(13)16(17)18/h9-13,15H,2-8H2,1H3. The van der Waals surface area contributed by atoms with Gasteiger partial charge in [-0.15, -0.1) is 11.6 Å². The van der Waals surface area contributed by atoms with E-state index in [0.29, 0.717) is 32.1 Å². The van der Waals surface area contributed by atoms with Crippen LogP contribution in [0.2, 0.25) is 0 Å². The van der Waals surface area contributed by atoms with Crippen LogP contribution in [0.1, 0.15) is 44.9 Å². The van der Waals surface area contributed by atoms with Crippen molar-refractivity contribution in [2.75, 3.05) is 7.05 Å². The Balaban J connectivity index is 2.15. The molecule has 0 aliphatic heterocycles. The van der Waals surface area contributed by atoms with Gasteiger partial charge in [-0.1, -0.05) is 6.42 Å². The number of nitrogens with one attached hydrogen (secondary N) is 1. The minimum Gasteiger partial charge on any atom is -0.316 e. The molecule has 1 N–H and O–H groups in total. The first-order valence-corrected chi connectivity index (χ1v) is 9.60. The number of nitrogens with zero attached hydrogens (tertiary/aromatic N) is 1. The molecule has 2 aliphatic rings. The van der Waals surface area contributed by atoms with E-state index >= 15 is 0 Å². The normalized spacial score (nSPS) is 38.1. The summed E-state index contributed by atoms with van der Waals surface area (Å²) in [5.41, 5.74) is 0. The first-order chi connectivity index (χ1) is 9.87. The van der Waals surface area contributed by atoms with E-state index in [4.69, 9.17) is 11.6 Å². The average Bonchev–Trinajstić information content (AvgIpc) is 2.47. The summed E-state index contributed by atoms with van der Waals surface area (Å²) in [5.74, 6) is 0. The second-order valence-electron chi connectivity index (χ2n) is 6.11. The molecule has 0 aromatic carbocycles. The number of sulfone groups is 1. The first kappa shape index (κ1) is 17.0. The fourth-order valence-corrected chi connectivity index (χ4v) is 6.83. The molecule has 2 saturated carbocycles.